The number of nitrogens with zero attached hydrogens (tertiary/aromatic N) is 2. The lowest BCUT2D eigenvalue weighted by Gasteiger charge is -2.25. The van der Waals surface area contributed by atoms with Crippen molar-refractivity contribution in [3.8, 4) is 0 Å². The first-order valence-electron chi connectivity index (χ1n) is 4.24. The van der Waals surface area contributed by atoms with E-state index in [0.29, 0.717) is 6.67 Å². The highest BCUT2D eigenvalue weighted by Gasteiger charge is 2.17. The van der Waals surface area contributed by atoms with Crippen LogP contribution in [0.2, 0.25) is 0 Å². The molecule has 0 aromatic rings. The Morgan fingerprint density at radius 3 is 2.69 bits per heavy atom. The van der Waals surface area contributed by atoms with Gasteiger partial charge in [0.1, 0.15) is 6.67 Å². The Morgan fingerprint density at radius 2 is 2.23 bits per heavy atom. The van der Waals surface area contributed by atoms with Gasteiger partial charge in [0.25, 0.3) is 0 Å². The van der Waals surface area contributed by atoms with Gasteiger partial charge in [-0.15, -0.1) is 0 Å². The number of rotatable bonds is 0. The summed E-state index contributed by atoms with van der Waals surface area (Å²) in [7, 11) is 0. The smallest absolute Gasteiger partial charge is 0.323 e. The standard InChI is InChI=1S/C9H15N3O/c1-9(2,3)11-8(13)12-6-4-5-10-7-12/h4-6H,7H2,1-3H3,(H,11,13). The molecular formula is C9H15N3O. The van der Waals surface area contributed by atoms with E-state index in [0.717, 1.165) is 0 Å². The predicted octanol–water partition coefficient (Wildman–Crippen LogP) is 1.35. The van der Waals surface area contributed by atoms with E-state index in [-0.39, 0.29) is 11.6 Å². The Bertz CT molecular complexity index is 250. The second kappa shape index (κ2) is 3.60. The maximum atomic E-state index is 11.5. The van der Waals surface area contributed by atoms with Crippen LogP contribution >= 0.6 is 0 Å². The number of nitrogens with one attached hydrogen (secondary N) is 1. The number of carbonyl (C=O) groups excluding carboxylic acids is 1. The molecule has 0 saturated heterocycles. The van der Waals surface area contributed by atoms with Crippen molar-refractivity contribution in [3.63, 3.8) is 0 Å². The predicted molar refractivity (Wildman–Crippen MR) is 52.6 cm³/mol. The average molecular weight is 181 g/mol. The summed E-state index contributed by atoms with van der Waals surface area (Å²) in [5.74, 6) is 0. The van der Waals surface area contributed by atoms with Crippen molar-refractivity contribution in [3.05, 3.63) is 12.3 Å². The van der Waals surface area contributed by atoms with Crippen LogP contribution in [0.1, 0.15) is 20.8 Å². The first-order chi connectivity index (χ1) is 5.99. The fraction of sp³-hybridized carbons (Fsp3) is 0.556. The van der Waals surface area contributed by atoms with Gasteiger partial charge in [-0.05, 0) is 26.8 Å². The zero-order valence-corrected chi connectivity index (χ0v) is 8.24. The van der Waals surface area contributed by atoms with E-state index in [1.165, 1.54) is 4.90 Å². The van der Waals surface area contributed by atoms with Crippen LogP contribution in [0.4, 0.5) is 4.79 Å². The van der Waals surface area contributed by atoms with E-state index >= 15 is 0 Å². The van der Waals surface area contributed by atoms with E-state index < -0.39 is 0 Å². The van der Waals surface area contributed by atoms with Crippen LogP contribution < -0.4 is 5.32 Å². The van der Waals surface area contributed by atoms with Crippen LogP contribution in [0.15, 0.2) is 17.3 Å². The molecule has 1 aliphatic heterocycles. The lowest BCUT2D eigenvalue weighted by molar-refractivity contribution is 0.206. The van der Waals surface area contributed by atoms with Crippen molar-refractivity contribution in [2.45, 2.75) is 26.3 Å². The monoisotopic (exact) mass is 181 g/mol. The number of hydrogen-bond donors (Lipinski definition) is 1. The number of allylic oxidation sites excluding steroid dienone is 1. The maximum Gasteiger partial charge on any atom is 0.323 e. The fourth-order valence-corrected chi connectivity index (χ4v) is 0.910. The molecular weight excluding hydrogens is 166 g/mol. The number of hydrogen-bond acceptors (Lipinski definition) is 2. The molecule has 0 aromatic carbocycles. The lowest BCUT2D eigenvalue weighted by Crippen LogP contribution is -2.47. The second-order valence-corrected chi connectivity index (χ2v) is 3.96. The van der Waals surface area contributed by atoms with Gasteiger partial charge in [-0.2, -0.15) is 0 Å². The number of amides is 2. The van der Waals surface area contributed by atoms with Gasteiger partial charge < -0.3 is 5.32 Å². The van der Waals surface area contributed by atoms with Gasteiger partial charge in [-0.3, -0.25) is 9.89 Å². The Hall–Kier alpha value is -1.32. The fourth-order valence-electron chi connectivity index (χ4n) is 0.910. The third-order valence-corrected chi connectivity index (χ3v) is 1.43. The van der Waals surface area contributed by atoms with Gasteiger partial charge in [0.15, 0.2) is 0 Å². The third-order valence-electron chi connectivity index (χ3n) is 1.43. The molecule has 0 aromatic heterocycles. The summed E-state index contributed by atoms with van der Waals surface area (Å²) < 4.78 is 0. The number of carbonyl (C=O) groups is 1. The van der Waals surface area contributed by atoms with Crippen LogP contribution in [0.25, 0.3) is 0 Å². The molecule has 0 radical (unpaired) electrons. The van der Waals surface area contributed by atoms with Gasteiger partial charge in [0.2, 0.25) is 0 Å². The molecule has 1 heterocycles. The molecule has 0 fully saturated rings. The third kappa shape index (κ3) is 3.27. The van der Waals surface area contributed by atoms with Gasteiger partial charge in [0, 0.05) is 18.0 Å². The van der Waals surface area contributed by atoms with Crippen LogP contribution in [0.5, 0.6) is 0 Å². The van der Waals surface area contributed by atoms with Gasteiger partial charge in [-0.25, -0.2) is 4.79 Å². The van der Waals surface area contributed by atoms with Crippen LogP contribution in [-0.2, 0) is 0 Å². The summed E-state index contributed by atoms with van der Waals surface area (Å²) in [6.07, 6.45) is 5.14. The lowest BCUT2D eigenvalue weighted by atomic mass is 10.1. The molecule has 2 amide bonds. The minimum atomic E-state index is -0.202. The molecule has 1 rings (SSSR count). The van der Waals surface area contributed by atoms with Crippen molar-refractivity contribution >= 4 is 12.2 Å². The van der Waals surface area contributed by atoms with Crippen molar-refractivity contribution in [1.29, 1.82) is 0 Å². The molecule has 4 nitrogen and oxygen atoms in total. The SMILES string of the molecule is CC(C)(C)NC(=O)N1C=CC=NC1. The Labute approximate surface area is 78.3 Å². The van der Waals surface area contributed by atoms with E-state index in [1.54, 1.807) is 18.5 Å². The highest BCUT2D eigenvalue weighted by molar-refractivity contribution is 5.79. The minimum Gasteiger partial charge on any atom is -0.333 e. The molecule has 0 saturated carbocycles. The van der Waals surface area contributed by atoms with Gasteiger partial charge >= 0.3 is 6.03 Å². The highest BCUT2D eigenvalue weighted by Crippen LogP contribution is 2.02. The maximum absolute atomic E-state index is 11.5. The molecule has 1 N–H and O–H groups in total. The molecule has 0 unspecified atom stereocenters. The Balaban J connectivity index is 2.49. The molecule has 72 valence electrons. The summed E-state index contributed by atoms with van der Waals surface area (Å²) in [4.78, 5) is 17.0. The first-order valence-corrected chi connectivity index (χ1v) is 4.24. The molecule has 4 heteroatoms. The molecule has 13 heavy (non-hydrogen) atoms. The van der Waals surface area contributed by atoms with Crippen LogP contribution in [-0.4, -0.2) is 29.4 Å². The Kier molecular flexibility index (Phi) is 2.70. The van der Waals surface area contributed by atoms with Crippen LogP contribution in [0.3, 0.4) is 0 Å². The molecule has 1 aliphatic rings. The van der Waals surface area contributed by atoms with E-state index in [2.05, 4.69) is 10.3 Å². The summed E-state index contributed by atoms with van der Waals surface area (Å²) in [6.45, 7) is 6.24. The minimum absolute atomic E-state index is 0.111. The zero-order valence-electron chi connectivity index (χ0n) is 8.24. The average Bonchev–Trinajstić information content (AvgIpc) is 2.03. The number of urea groups is 1. The topological polar surface area (TPSA) is 44.7 Å². The van der Waals surface area contributed by atoms with Crippen LogP contribution in [0, 0.1) is 0 Å². The Morgan fingerprint density at radius 1 is 1.54 bits per heavy atom. The molecule has 0 bridgehead atoms. The highest BCUT2D eigenvalue weighted by atomic mass is 16.2. The quantitative estimate of drug-likeness (QED) is 0.602. The summed E-state index contributed by atoms with van der Waals surface area (Å²) in [5, 5.41) is 2.85. The molecule has 0 aliphatic carbocycles. The van der Waals surface area contributed by atoms with Crippen molar-refractivity contribution in [1.82, 2.24) is 10.2 Å². The zero-order chi connectivity index (χ0) is 9.90. The summed E-state index contributed by atoms with van der Waals surface area (Å²) in [5.41, 5.74) is -0.202. The number of aliphatic imine (C=N–C) groups is 1. The molecule has 0 spiro atoms. The summed E-state index contributed by atoms with van der Waals surface area (Å²) in [6, 6.07) is -0.111. The van der Waals surface area contributed by atoms with Crippen molar-refractivity contribution in [2.24, 2.45) is 4.99 Å². The first kappa shape index (κ1) is 9.77. The molecule has 0 atom stereocenters. The van der Waals surface area contributed by atoms with E-state index in [4.69, 9.17) is 0 Å². The summed E-state index contributed by atoms with van der Waals surface area (Å²) >= 11 is 0. The van der Waals surface area contributed by atoms with Gasteiger partial charge in [0.05, 0.1) is 0 Å². The van der Waals surface area contributed by atoms with Gasteiger partial charge in [-0.1, -0.05) is 0 Å². The van der Waals surface area contributed by atoms with E-state index in [1.807, 2.05) is 20.8 Å². The van der Waals surface area contributed by atoms with Crippen molar-refractivity contribution in [2.75, 3.05) is 6.67 Å². The second-order valence-electron chi connectivity index (χ2n) is 3.96. The van der Waals surface area contributed by atoms with E-state index in [9.17, 15) is 4.79 Å². The normalized spacial score (nSPS) is 16.1. The largest absolute Gasteiger partial charge is 0.333 e. The van der Waals surface area contributed by atoms with Crippen molar-refractivity contribution < 1.29 is 4.79 Å².